The van der Waals surface area contributed by atoms with Gasteiger partial charge in [-0.2, -0.15) is 0 Å². The molecule has 0 unspecified atom stereocenters. The van der Waals surface area contributed by atoms with E-state index in [2.05, 4.69) is 5.32 Å². The summed E-state index contributed by atoms with van der Waals surface area (Å²) in [6.07, 6.45) is 0.870. The largest absolute Gasteiger partial charge is 0.494 e. The number of carbonyl (C=O) groups excluding carboxylic acids is 2. The Bertz CT molecular complexity index is 1210. The summed E-state index contributed by atoms with van der Waals surface area (Å²) in [5.74, 6) is -0.623. The first-order valence-corrected chi connectivity index (χ1v) is 10.9. The molecular formula is C26H22ClFN2O3. The number of carbonyl (C=O) groups is 2. The Morgan fingerprint density at radius 2 is 1.70 bits per heavy atom. The first-order chi connectivity index (χ1) is 16.0. The number of ether oxygens (including phenoxy) is 1. The summed E-state index contributed by atoms with van der Waals surface area (Å²) in [7, 11) is 0. The highest BCUT2D eigenvalue weighted by molar-refractivity contribution is 6.36. The van der Waals surface area contributed by atoms with Gasteiger partial charge in [-0.3, -0.25) is 14.5 Å². The van der Waals surface area contributed by atoms with Crippen molar-refractivity contribution < 1.29 is 18.7 Å². The van der Waals surface area contributed by atoms with Gasteiger partial charge in [0.1, 0.15) is 17.3 Å². The minimum atomic E-state index is -0.464. The van der Waals surface area contributed by atoms with Crippen LogP contribution in [0.5, 0.6) is 5.75 Å². The number of nitrogens with one attached hydrogen (secondary N) is 1. The third-order valence-corrected chi connectivity index (χ3v) is 5.38. The molecule has 5 nitrogen and oxygen atoms in total. The molecule has 33 heavy (non-hydrogen) atoms. The Kier molecular flexibility index (Phi) is 6.75. The number of amides is 2. The standard InChI is InChI=1S/C26H22ClFN2O3/c1-2-14-33-22-5-3-4-21(15-22)29-24-23(18-8-10-19(27)11-9-18)25(31)30(26(24)32)16-17-6-12-20(28)13-7-17/h3-13,15,29H,2,14,16H2,1H3. The van der Waals surface area contributed by atoms with Crippen LogP contribution in [0.1, 0.15) is 24.5 Å². The molecule has 0 radical (unpaired) electrons. The third-order valence-electron chi connectivity index (χ3n) is 5.13. The van der Waals surface area contributed by atoms with Gasteiger partial charge >= 0.3 is 0 Å². The summed E-state index contributed by atoms with van der Waals surface area (Å²) < 4.78 is 19.0. The number of rotatable bonds is 8. The van der Waals surface area contributed by atoms with Gasteiger partial charge in [0.15, 0.2) is 0 Å². The lowest BCUT2D eigenvalue weighted by Gasteiger charge is -2.15. The molecule has 1 heterocycles. The Morgan fingerprint density at radius 3 is 2.39 bits per heavy atom. The fourth-order valence-electron chi connectivity index (χ4n) is 3.52. The fraction of sp³-hybridized carbons (Fsp3) is 0.154. The lowest BCUT2D eigenvalue weighted by molar-refractivity contribution is -0.137. The van der Waals surface area contributed by atoms with E-state index in [1.165, 1.54) is 12.1 Å². The second-order valence-electron chi connectivity index (χ2n) is 7.58. The second-order valence-corrected chi connectivity index (χ2v) is 8.02. The monoisotopic (exact) mass is 464 g/mol. The SMILES string of the molecule is CCCOc1cccc(NC2=C(c3ccc(Cl)cc3)C(=O)N(Cc3ccc(F)cc3)C2=O)c1. The lowest BCUT2D eigenvalue weighted by atomic mass is 10.0. The zero-order valence-corrected chi connectivity index (χ0v) is 18.7. The Labute approximate surface area is 196 Å². The third kappa shape index (κ3) is 5.07. The maximum atomic E-state index is 13.4. The zero-order chi connectivity index (χ0) is 23.4. The van der Waals surface area contributed by atoms with E-state index >= 15 is 0 Å². The molecule has 1 aliphatic heterocycles. The van der Waals surface area contributed by atoms with Crippen molar-refractivity contribution in [1.29, 1.82) is 0 Å². The van der Waals surface area contributed by atoms with Crippen molar-refractivity contribution in [3.8, 4) is 5.75 Å². The number of imide groups is 1. The molecule has 3 aromatic rings. The molecule has 168 valence electrons. The van der Waals surface area contributed by atoms with E-state index in [1.54, 1.807) is 48.5 Å². The lowest BCUT2D eigenvalue weighted by Crippen LogP contribution is -2.32. The van der Waals surface area contributed by atoms with Gasteiger partial charge in [-0.1, -0.05) is 48.9 Å². The fourth-order valence-corrected chi connectivity index (χ4v) is 3.65. The van der Waals surface area contributed by atoms with Crippen molar-refractivity contribution in [2.24, 2.45) is 0 Å². The molecule has 0 aliphatic carbocycles. The van der Waals surface area contributed by atoms with Crippen LogP contribution in [0.25, 0.3) is 5.57 Å². The predicted molar refractivity (Wildman–Crippen MR) is 126 cm³/mol. The topological polar surface area (TPSA) is 58.6 Å². The maximum Gasteiger partial charge on any atom is 0.278 e. The highest BCUT2D eigenvalue weighted by Crippen LogP contribution is 2.32. The normalized spacial score (nSPS) is 13.6. The minimum absolute atomic E-state index is 0.0276. The van der Waals surface area contributed by atoms with Crippen molar-refractivity contribution in [2.75, 3.05) is 11.9 Å². The number of hydrogen-bond donors (Lipinski definition) is 1. The van der Waals surface area contributed by atoms with Crippen LogP contribution in [0.4, 0.5) is 10.1 Å². The van der Waals surface area contributed by atoms with E-state index in [0.29, 0.717) is 34.2 Å². The summed E-state index contributed by atoms with van der Waals surface area (Å²) in [5.41, 5.74) is 2.25. The summed E-state index contributed by atoms with van der Waals surface area (Å²) in [6, 6.07) is 19.7. The second kappa shape index (κ2) is 9.88. The van der Waals surface area contributed by atoms with Crippen molar-refractivity contribution in [3.05, 3.63) is 100 Å². The van der Waals surface area contributed by atoms with Crippen LogP contribution in [-0.4, -0.2) is 23.3 Å². The molecule has 0 bridgehead atoms. The van der Waals surface area contributed by atoms with Gasteiger partial charge in [0.05, 0.1) is 18.7 Å². The maximum absolute atomic E-state index is 13.4. The predicted octanol–water partition coefficient (Wildman–Crippen LogP) is 5.66. The molecule has 4 rings (SSSR count). The van der Waals surface area contributed by atoms with Crippen LogP contribution in [0.15, 0.2) is 78.5 Å². The quantitative estimate of drug-likeness (QED) is 0.437. The summed E-state index contributed by atoms with van der Waals surface area (Å²) in [4.78, 5) is 27.9. The van der Waals surface area contributed by atoms with Gasteiger partial charge in [-0.15, -0.1) is 0 Å². The van der Waals surface area contributed by atoms with Gasteiger partial charge < -0.3 is 10.1 Å². The van der Waals surface area contributed by atoms with Crippen LogP contribution in [0.2, 0.25) is 5.02 Å². The van der Waals surface area contributed by atoms with Gasteiger partial charge in [0, 0.05) is 16.8 Å². The highest BCUT2D eigenvalue weighted by Gasteiger charge is 2.39. The molecule has 0 fully saturated rings. The van der Waals surface area contributed by atoms with Crippen molar-refractivity contribution in [1.82, 2.24) is 4.90 Å². The number of anilines is 1. The average molecular weight is 465 g/mol. The van der Waals surface area contributed by atoms with Crippen LogP contribution >= 0.6 is 11.6 Å². The van der Waals surface area contributed by atoms with E-state index < -0.39 is 11.8 Å². The summed E-state index contributed by atoms with van der Waals surface area (Å²) in [6.45, 7) is 2.62. The van der Waals surface area contributed by atoms with Gasteiger partial charge in [-0.25, -0.2) is 4.39 Å². The highest BCUT2D eigenvalue weighted by atomic mass is 35.5. The number of halogens is 2. The van der Waals surface area contributed by atoms with Crippen molar-refractivity contribution in [2.45, 2.75) is 19.9 Å². The molecule has 0 saturated carbocycles. The molecular weight excluding hydrogens is 443 g/mol. The summed E-state index contributed by atoms with van der Waals surface area (Å²) >= 11 is 6.02. The molecule has 1 N–H and O–H groups in total. The van der Waals surface area contributed by atoms with E-state index in [9.17, 15) is 14.0 Å². The van der Waals surface area contributed by atoms with E-state index in [-0.39, 0.29) is 23.6 Å². The van der Waals surface area contributed by atoms with Crippen LogP contribution in [0.3, 0.4) is 0 Å². The van der Waals surface area contributed by atoms with E-state index in [4.69, 9.17) is 16.3 Å². The van der Waals surface area contributed by atoms with Gasteiger partial charge in [-0.05, 0) is 53.9 Å². The van der Waals surface area contributed by atoms with Crippen molar-refractivity contribution in [3.63, 3.8) is 0 Å². The first-order valence-electron chi connectivity index (χ1n) is 10.6. The Balaban J connectivity index is 1.69. The zero-order valence-electron chi connectivity index (χ0n) is 18.0. The Hall–Kier alpha value is -3.64. The molecule has 3 aromatic carbocycles. The number of hydrogen-bond acceptors (Lipinski definition) is 4. The average Bonchev–Trinajstić information content (AvgIpc) is 3.04. The number of nitrogens with zero attached hydrogens (tertiary/aromatic N) is 1. The summed E-state index contributed by atoms with van der Waals surface area (Å²) in [5, 5.41) is 3.64. The molecule has 0 spiro atoms. The van der Waals surface area contributed by atoms with Gasteiger partial charge in [0.2, 0.25) is 0 Å². The van der Waals surface area contributed by atoms with Crippen LogP contribution in [0, 0.1) is 5.82 Å². The number of benzene rings is 3. The van der Waals surface area contributed by atoms with Crippen LogP contribution < -0.4 is 10.1 Å². The minimum Gasteiger partial charge on any atom is -0.494 e. The molecule has 0 atom stereocenters. The van der Waals surface area contributed by atoms with Crippen LogP contribution in [-0.2, 0) is 16.1 Å². The first kappa shape index (κ1) is 22.6. The molecule has 0 aromatic heterocycles. The van der Waals surface area contributed by atoms with E-state index in [0.717, 1.165) is 11.3 Å². The molecule has 7 heteroatoms. The smallest absolute Gasteiger partial charge is 0.278 e. The Morgan fingerprint density at radius 1 is 0.970 bits per heavy atom. The molecule has 2 amide bonds. The van der Waals surface area contributed by atoms with Gasteiger partial charge in [0.25, 0.3) is 11.8 Å². The molecule has 1 aliphatic rings. The van der Waals surface area contributed by atoms with Crippen molar-refractivity contribution >= 4 is 34.7 Å². The van der Waals surface area contributed by atoms with E-state index in [1.807, 2.05) is 19.1 Å². The molecule has 0 saturated heterocycles.